The van der Waals surface area contributed by atoms with Gasteiger partial charge in [0.2, 0.25) is 4.77 Å². The summed E-state index contributed by atoms with van der Waals surface area (Å²) in [5.41, 5.74) is 6.21. The molecule has 0 unspecified atom stereocenters. The normalized spacial score (nSPS) is 10.8. The number of ether oxygens (including phenoxy) is 2. The second-order valence-electron chi connectivity index (χ2n) is 7.01. The van der Waals surface area contributed by atoms with Crippen LogP contribution in [0.3, 0.4) is 0 Å². The van der Waals surface area contributed by atoms with Crippen LogP contribution in [0.2, 0.25) is 5.02 Å². The molecule has 0 amide bonds. The predicted molar refractivity (Wildman–Crippen MR) is 135 cm³/mol. The van der Waals surface area contributed by atoms with Gasteiger partial charge in [0, 0.05) is 23.0 Å². The van der Waals surface area contributed by atoms with E-state index in [1.807, 2.05) is 55.5 Å². The summed E-state index contributed by atoms with van der Waals surface area (Å²) in [7, 11) is 0. The van der Waals surface area contributed by atoms with E-state index in [0.717, 1.165) is 21.2 Å². The molecule has 170 valence electrons. The molecule has 0 spiro atoms. The molecule has 0 atom stereocenters. The zero-order valence-electron chi connectivity index (χ0n) is 17.7. The van der Waals surface area contributed by atoms with E-state index in [-0.39, 0.29) is 0 Å². The Morgan fingerprint density at radius 1 is 1.09 bits per heavy atom. The number of benzene rings is 2. The van der Waals surface area contributed by atoms with Crippen LogP contribution >= 0.6 is 39.7 Å². The van der Waals surface area contributed by atoms with E-state index < -0.39 is 0 Å². The highest BCUT2D eigenvalue weighted by Gasteiger charge is 2.14. The molecule has 2 N–H and O–H groups in total. The highest BCUT2D eigenvalue weighted by molar-refractivity contribution is 9.10. The standard InChI is InChI=1S/C23H21BrClN5O2S/c1-2-31-20-12-16(11-19(24)21(20)32-14-15-3-5-18(25)6-4-15)13-27-30-22(28-29-23(30)33)17-7-9-26-10-8-17/h3-12,27H,2,13-14H2,1H3,(H,29,33). The van der Waals surface area contributed by atoms with Gasteiger partial charge in [-0.2, -0.15) is 5.10 Å². The summed E-state index contributed by atoms with van der Waals surface area (Å²) in [4.78, 5) is 4.05. The van der Waals surface area contributed by atoms with Gasteiger partial charge in [-0.05, 0) is 82.6 Å². The lowest BCUT2D eigenvalue weighted by Crippen LogP contribution is -2.16. The van der Waals surface area contributed by atoms with Crippen molar-refractivity contribution < 1.29 is 9.47 Å². The van der Waals surface area contributed by atoms with Crippen molar-refractivity contribution in [3.05, 3.63) is 86.3 Å². The maximum Gasteiger partial charge on any atom is 0.214 e. The summed E-state index contributed by atoms with van der Waals surface area (Å²) in [6, 6.07) is 15.2. The van der Waals surface area contributed by atoms with Crippen molar-refractivity contribution in [1.82, 2.24) is 19.9 Å². The van der Waals surface area contributed by atoms with Gasteiger partial charge in [0.1, 0.15) is 6.61 Å². The van der Waals surface area contributed by atoms with Crippen LogP contribution in [0, 0.1) is 4.77 Å². The lowest BCUT2D eigenvalue weighted by molar-refractivity contribution is 0.267. The number of H-pyrrole nitrogens is 1. The maximum absolute atomic E-state index is 6.07. The maximum atomic E-state index is 6.07. The number of rotatable bonds is 9. The zero-order valence-corrected chi connectivity index (χ0v) is 20.9. The number of hydrogen-bond donors (Lipinski definition) is 2. The van der Waals surface area contributed by atoms with Crippen LogP contribution in [0.1, 0.15) is 18.1 Å². The van der Waals surface area contributed by atoms with Gasteiger partial charge < -0.3 is 14.9 Å². The summed E-state index contributed by atoms with van der Waals surface area (Å²) < 4.78 is 14.9. The fourth-order valence-corrected chi connectivity index (χ4v) is 4.10. The minimum absolute atomic E-state index is 0.396. The summed E-state index contributed by atoms with van der Waals surface area (Å²) in [6.07, 6.45) is 3.43. The van der Waals surface area contributed by atoms with E-state index in [2.05, 4.69) is 36.5 Å². The number of nitrogens with one attached hydrogen (secondary N) is 2. The second-order valence-corrected chi connectivity index (χ2v) is 8.69. The van der Waals surface area contributed by atoms with Gasteiger partial charge in [-0.25, -0.2) is 9.77 Å². The first-order chi connectivity index (χ1) is 16.0. The van der Waals surface area contributed by atoms with Crippen molar-refractivity contribution in [2.75, 3.05) is 12.0 Å². The van der Waals surface area contributed by atoms with Crippen LogP contribution in [0.25, 0.3) is 11.4 Å². The molecule has 33 heavy (non-hydrogen) atoms. The first-order valence-electron chi connectivity index (χ1n) is 10.2. The fraction of sp³-hybridized carbons (Fsp3) is 0.174. The topological polar surface area (TPSA) is 77.0 Å². The van der Waals surface area contributed by atoms with Gasteiger partial charge in [0.05, 0.1) is 17.6 Å². The van der Waals surface area contributed by atoms with Crippen molar-refractivity contribution in [1.29, 1.82) is 0 Å². The minimum atomic E-state index is 0.396. The Labute approximate surface area is 209 Å². The van der Waals surface area contributed by atoms with Gasteiger partial charge in [-0.3, -0.25) is 4.98 Å². The highest BCUT2D eigenvalue weighted by Crippen LogP contribution is 2.37. The molecular weight excluding hydrogens is 526 g/mol. The Morgan fingerprint density at radius 3 is 2.58 bits per heavy atom. The van der Waals surface area contributed by atoms with Crippen molar-refractivity contribution in [2.24, 2.45) is 0 Å². The number of aromatic amines is 1. The molecule has 4 rings (SSSR count). The third-order valence-electron chi connectivity index (χ3n) is 4.72. The Bertz CT molecular complexity index is 1280. The summed E-state index contributed by atoms with van der Waals surface area (Å²) in [5, 5.41) is 7.85. The molecule has 0 aliphatic heterocycles. The minimum Gasteiger partial charge on any atom is -0.490 e. The third kappa shape index (κ3) is 5.73. The number of hydrogen-bond acceptors (Lipinski definition) is 6. The first-order valence-corrected chi connectivity index (χ1v) is 11.8. The molecule has 4 aromatic rings. The zero-order chi connectivity index (χ0) is 23.2. The molecule has 2 aromatic carbocycles. The average Bonchev–Trinajstić information content (AvgIpc) is 3.19. The van der Waals surface area contributed by atoms with E-state index in [0.29, 0.717) is 46.9 Å². The van der Waals surface area contributed by atoms with E-state index in [9.17, 15) is 0 Å². The molecule has 0 saturated carbocycles. The van der Waals surface area contributed by atoms with Crippen LogP contribution in [0.5, 0.6) is 11.5 Å². The molecule has 7 nitrogen and oxygen atoms in total. The van der Waals surface area contributed by atoms with Gasteiger partial charge in [0.25, 0.3) is 0 Å². The van der Waals surface area contributed by atoms with E-state index in [4.69, 9.17) is 33.3 Å². The molecule has 0 fully saturated rings. The third-order valence-corrected chi connectivity index (χ3v) is 5.83. The average molecular weight is 547 g/mol. The smallest absolute Gasteiger partial charge is 0.214 e. The van der Waals surface area contributed by atoms with Crippen LogP contribution in [0.4, 0.5) is 0 Å². The molecule has 0 aliphatic rings. The van der Waals surface area contributed by atoms with E-state index in [1.165, 1.54) is 0 Å². The number of nitrogens with zero attached hydrogens (tertiary/aromatic N) is 3. The van der Waals surface area contributed by atoms with Gasteiger partial charge in [-0.15, -0.1) is 0 Å². The van der Waals surface area contributed by atoms with Crippen molar-refractivity contribution in [2.45, 2.75) is 20.1 Å². The second kappa shape index (κ2) is 10.8. The highest BCUT2D eigenvalue weighted by atomic mass is 79.9. The summed E-state index contributed by atoms with van der Waals surface area (Å²) >= 11 is 15.0. The SMILES string of the molecule is CCOc1cc(CNn2c(-c3ccncc3)n[nH]c2=S)cc(Br)c1OCc1ccc(Cl)cc1. The summed E-state index contributed by atoms with van der Waals surface area (Å²) in [5.74, 6) is 1.98. The number of pyridine rings is 1. The predicted octanol–water partition coefficient (Wildman–Crippen LogP) is 6.14. The molecule has 0 aliphatic carbocycles. The van der Waals surface area contributed by atoms with Crippen LogP contribution < -0.4 is 14.9 Å². The van der Waals surface area contributed by atoms with E-state index >= 15 is 0 Å². The summed E-state index contributed by atoms with van der Waals surface area (Å²) in [6.45, 7) is 3.34. The van der Waals surface area contributed by atoms with Crippen molar-refractivity contribution in [3.8, 4) is 22.9 Å². The van der Waals surface area contributed by atoms with Crippen molar-refractivity contribution in [3.63, 3.8) is 0 Å². The Morgan fingerprint density at radius 2 is 1.85 bits per heavy atom. The lowest BCUT2D eigenvalue weighted by atomic mass is 10.2. The molecular formula is C23H21BrClN5O2S. The number of aromatic nitrogens is 4. The van der Waals surface area contributed by atoms with Crippen LogP contribution in [-0.4, -0.2) is 26.5 Å². The van der Waals surface area contributed by atoms with Gasteiger partial charge >= 0.3 is 0 Å². The molecule has 2 aromatic heterocycles. The van der Waals surface area contributed by atoms with Crippen molar-refractivity contribution >= 4 is 39.7 Å². The Hall–Kier alpha value is -2.88. The van der Waals surface area contributed by atoms with Gasteiger partial charge in [0.15, 0.2) is 17.3 Å². The fourth-order valence-electron chi connectivity index (χ4n) is 3.17. The van der Waals surface area contributed by atoms with Crippen LogP contribution in [-0.2, 0) is 13.2 Å². The lowest BCUT2D eigenvalue weighted by Gasteiger charge is -2.16. The Balaban J connectivity index is 1.53. The Kier molecular flexibility index (Phi) is 7.64. The first kappa shape index (κ1) is 23.3. The molecule has 0 saturated heterocycles. The monoisotopic (exact) mass is 545 g/mol. The van der Waals surface area contributed by atoms with Crippen LogP contribution in [0.15, 0.2) is 65.4 Å². The largest absolute Gasteiger partial charge is 0.490 e. The molecule has 2 heterocycles. The molecule has 0 radical (unpaired) electrons. The molecule has 0 bridgehead atoms. The molecule has 10 heteroatoms. The van der Waals surface area contributed by atoms with E-state index in [1.54, 1.807) is 17.1 Å². The van der Waals surface area contributed by atoms with Gasteiger partial charge in [-0.1, -0.05) is 23.7 Å². The quantitative estimate of drug-likeness (QED) is 0.246. The number of halogens is 2.